The minimum Gasteiger partial charge on any atom is -0.492 e. The highest BCUT2D eigenvalue weighted by molar-refractivity contribution is 6.30. The van der Waals surface area contributed by atoms with Crippen LogP contribution in [-0.4, -0.2) is 51.4 Å². The fraction of sp³-hybridized carbons (Fsp3) is 0.464. The molecule has 200 valence electrons. The van der Waals surface area contributed by atoms with E-state index in [0.29, 0.717) is 18.2 Å². The Morgan fingerprint density at radius 2 is 1.97 bits per heavy atom. The van der Waals surface area contributed by atoms with Crippen LogP contribution in [0.3, 0.4) is 0 Å². The second-order valence-corrected chi connectivity index (χ2v) is 10.9. The highest BCUT2D eigenvalue weighted by Crippen LogP contribution is 2.46. The van der Waals surface area contributed by atoms with Crippen LogP contribution < -0.4 is 4.74 Å². The van der Waals surface area contributed by atoms with Gasteiger partial charge in [0.05, 0.1) is 35.1 Å². The Kier molecular flexibility index (Phi) is 6.15. The van der Waals surface area contributed by atoms with Gasteiger partial charge in [0.25, 0.3) is 0 Å². The number of ether oxygens (including phenoxy) is 2. The largest absolute Gasteiger partial charge is 0.492 e. The summed E-state index contributed by atoms with van der Waals surface area (Å²) in [6.07, 6.45) is 4.13. The molecule has 0 atom stereocenters. The number of fused-ring (bicyclic) bond motifs is 3. The molecular formula is C28H27ClF3N3O3. The van der Waals surface area contributed by atoms with Gasteiger partial charge >= 0.3 is 6.18 Å². The lowest BCUT2D eigenvalue weighted by molar-refractivity contribution is -0.136. The SMILES string of the molecule is C#CC1(O)CC(n2cnc3cc(OCCN4CCC5(CC4)OCc4ccc(Cl)cc45)cc(C(F)(F)F)c32)C1. The molecule has 2 fully saturated rings. The third-order valence-corrected chi connectivity index (χ3v) is 8.40. The van der Waals surface area contributed by atoms with Gasteiger partial charge in [-0.15, -0.1) is 6.42 Å². The van der Waals surface area contributed by atoms with Crippen molar-refractivity contribution < 1.29 is 27.8 Å². The molecule has 2 aliphatic heterocycles. The van der Waals surface area contributed by atoms with E-state index in [1.165, 1.54) is 28.1 Å². The molecule has 0 amide bonds. The van der Waals surface area contributed by atoms with Crippen LogP contribution in [0.1, 0.15) is 48.4 Å². The van der Waals surface area contributed by atoms with E-state index in [4.69, 9.17) is 27.5 Å². The predicted molar refractivity (Wildman–Crippen MR) is 136 cm³/mol. The van der Waals surface area contributed by atoms with Crippen molar-refractivity contribution in [2.24, 2.45) is 0 Å². The van der Waals surface area contributed by atoms with Gasteiger partial charge in [-0.25, -0.2) is 4.98 Å². The highest BCUT2D eigenvalue weighted by Gasteiger charge is 2.45. The number of hydrogen-bond donors (Lipinski definition) is 1. The van der Waals surface area contributed by atoms with E-state index in [1.807, 2.05) is 18.2 Å². The zero-order chi connectivity index (χ0) is 26.7. The molecule has 1 spiro atoms. The summed E-state index contributed by atoms with van der Waals surface area (Å²) >= 11 is 6.23. The molecule has 1 aromatic heterocycles. The molecule has 1 saturated heterocycles. The normalized spacial score (nSPS) is 24.8. The molecule has 0 radical (unpaired) electrons. The van der Waals surface area contributed by atoms with E-state index in [9.17, 15) is 18.3 Å². The smallest absolute Gasteiger partial charge is 0.418 e. The van der Waals surface area contributed by atoms with Crippen LogP contribution in [0, 0.1) is 12.3 Å². The number of terminal acetylenes is 1. The number of piperidine rings is 1. The molecule has 1 N–H and O–H groups in total. The Bertz CT molecular complexity index is 1420. The molecule has 38 heavy (non-hydrogen) atoms. The molecule has 0 bridgehead atoms. The van der Waals surface area contributed by atoms with Gasteiger partial charge in [-0.05, 0) is 42.2 Å². The summed E-state index contributed by atoms with van der Waals surface area (Å²) in [5.74, 6) is 2.43. The molecule has 0 unspecified atom stereocenters. The van der Waals surface area contributed by atoms with Gasteiger partial charge in [0, 0.05) is 49.6 Å². The summed E-state index contributed by atoms with van der Waals surface area (Å²) in [5, 5.41) is 10.8. The Balaban J connectivity index is 1.12. The molecule has 3 aliphatic rings. The molecule has 1 aliphatic carbocycles. The van der Waals surface area contributed by atoms with E-state index < -0.39 is 17.3 Å². The minimum atomic E-state index is -4.59. The first kappa shape index (κ1) is 25.5. The number of imidazole rings is 1. The number of hydrogen-bond acceptors (Lipinski definition) is 5. The standard InChI is InChI=1S/C28H27ClF3N3O3/c1-2-26(36)14-20(15-26)35-17-33-24-13-21(12-23(25(24)35)28(30,31)32)37-10-9-34-7-5-27(6-8-34)22-11-19(29)4-3-18(22)16-38-27/h1,3-4,11-13,17,20,36H,5-10,14-16H2. The van der Waals surface area contributed by atoms with Crippen LogP contribution in [-0.2, 0) is 23.1 Å². The first-order chi connectivity index (χ1) is 18.1. The third-order valence-electron chi connectivity index (χ3n) is 8.16. The summed E-state index contributed by atoms with van der Waals surface area (Å²) in [5.41, 5.74) is 0.104. The monoisotopic (exact) mass is 545 g/mol. The average molecular weight is 546 g/mol. The topological polar surface area (TPSA) is 59.8 Å². The number of benzene rings is 2. The summed E-state index contributed by atoms with van der Waals surface area (Å²) in [7, 11) is 0. The summed E-state index contributed by atoms with van der Waals surface area (Å²) in [6, 6.07) is 8.12. The Labute approximate surface area is 223 Å². The first-order valence-electron chi connectivity index (χ1n) is 12.7. The zero-order valence-electron chi connectivity index (χ0n) is 20.6. The predicted octanol–water partition coefficient (Wildman–Crippen LogP) is 5.31. The molecule has 2 aromatic carbocycles. The maximum Gasteiger partial charge on any atom is 0.418 e. The average Bonchev–Trinajstić information content (AvgIpc) is 3.44. The van der Waals surface area contributed by atoms with Gasteiger partial charge in [-0.3, -0.25) is 4.90 Å². The molecular weight excluding hydrogens is 519 g/mol. The lowest BCUT2D eigenvalue weighted by atomic mass is 9.76. The fourth-order valence-corrected chi connectivity index (χ4v) is 6.16. The van der Waals surface area contributed by atoms with Crippen molar-refractivity contribution in [1.82, 2.24) is 14.5 Å². The van der Waals surface area contributed by atoms with Gasteiger partial charge in [-0.1, -0.05) is 23.6 Å². The van der Waals surface area contributed by atoms with Crippen LogP contribution in [0.5, 0.6) is 5.75 Å². The molecule has 10 heteroatoms. The van der Waals surface area contributed by atoms with Gasteiger partial charge in [-0.2, -0.15) is 13.2 Å². The van der Waals surface area contributed by atoms with E-state index in [0.717, 1.165) is 32.0 Å². The first-order valence-corrected chi connectivity index (χ1v) is 13.0. The molecule has 6 nitrogen and oxygen atoms in total. The lowest BCUT2D eigenvalue weighted by Crippen LogP contribution is -2.43. The molecule has 3 heterocycles. The van der Waals surface area contributed by atoms with Crippen LogP contribution in [0.4, 0.5) is 13.2 Å². The van der Waals surface area contributed by atoms with Crippen molar-refractivity contribution >= 4 is 22.6 Å². The van der Waals surface area contributed by atoms with E-state index in [-0.39, 0.29) is 47.9 Å². The Hall–Kier alpha value is -2.77. The second-order valence-electron chi connectivity index (χ2n) is 10.5. The van der Waals surface area contributed by atoms with Crippen molar-refractivity contribution in [2.45, 2.75) is 55.7 Å². The fourth-order valence-electron chi connectivity index (χ4n) is 5.99. The van der Waals surface area contributed by atoms with Crippen molar-refractivity contribution in [1.29, 1.82) is 0 Å². The lowest BCUT2D eigenvalue weighted by Gasteiger charge is -2.40. The highest BCUT2D eigenvalue weighted by atomic mass is 35.5. The maximum absolute atomic E-state index is 14.0. The van der Waals surface area contributed by atoms with Crippen molar-refractivity contribution in [3.8, 4) is 18.1 Å². The van der Waals surface area contributed by atoms with E-state index in [2.05, 4.69) is 15.8 Å². The third kappa shape index (κ3) is 4.43. The summed E-state index contributed by atoms with van der Waals surface area (Å²) in [4.78, 5) is 6.44. The van der Waals surface area contributed by atoms with E-state index in [1.54, 1.807) is 0 Å². The van der Waals surface area contributed by atoms with Gasteiger partial charge < -0.3 is 19.1 Å². The van der Waals surface area contributed by atoms with Crippen LogP contribution in [0.15, 0.2) is 36.7 Å². The second kappa shape index (κ2) is 9.16. The Morgan fingerprint density at radius 1 is 1.21 bits per heavy atom. The number of halogens is 4. The number of aliphatic hydroxyl groups is 1. The van der Waals surface area contributed by atoms with Crippen molar-refractivity contribution in [3.05, 3.63) is 58.4 Å². The quantitative estimate of drug-likeness (QED) is 0.441. The molecule has 3 aromatic rings. The summed E-state index contributed by atoms with van der Waals surface area (Å²) in [6.45, 7) is 2.99. The van der Waals surface area contributed by atoms with Crippen molar-refractivity contribution in [3.63, 3.8) is 0 Å². The maximum atomic E-state index is 14.0. The molecule has 6 rings (SSSR count). The van der Waals surface area contributed by atoms with E-state index >= 15 is 0 Å². The number of alkyl halides is 3. The van der Waals surface area contributed by atoms with Crippen LogP contribution in [0.25, 0.3) is 11.0 Å². The van der Waals surface area contributed by atoms with Gasteiger partial charge in [0.15, 0.2) is 0 Å². The van der Waals surface area contributed by atoms with Crippen LogP contribution in [0.2, 0.25) is 5.02 Å². The number of aromatic nitrogens is 2. The zero-order valence-corrected chi connectivity index (χ0v) is 21.4. The van der Waals surface area contributed by atoms with Crippen molar-refractivity contribution in [2.75, 3.05) is 26.2 Å². The number of rotatable bonds is 5. The number of nitrogens with zero attached hydrogens (tertiary/aromatic N) is 3. The van der Waals surface area contributed by atoms with Gasteiger partial charge in [0.2, 0.25) is 0 Å². The minimum absolute atomic E-state index is 0.0211. The number of likely N-dealkylation sites (tertiary alicyclic amines) is 1. The molecule has 1 saturated carbocycles. The Morgan fingerprint density at radius 3 is 2.68 bits per heavy atom. The summed E-state index contributed by atoms with van der Waals surface area (Å²) < 4.78 is 55.6. The van der Waals surface area contributed by atoms with Crippen LogP contribution >= 0.6 is 11.6 Å². The van der Waals surface area contributed by atoms with Gasteiger partial charge in [0.1, 0.15) is 18.0 Å².